The highest BCUT2D eigenvalue weighted by Gasteiger charge is 2.36. The molecule has 246 valence electrons. The van der Waals surface area contributed by atoms with Gasteiger partial charge in [-0.1, -0.05) is 101 Å². The number of esters is 1. The molecular weight excluding hydrogens is 759 g/mol. The molecule has 0 fully saturated rings. The monoisotopic (exact) mass is 784 g/mol. The van der Waals surface area contributed by atoms with Crippen molar-refractivity contribution in [3.05, 3.63) is 138 Å². The van der Waals surface area contributed by atoms with Gasteiger partial charge in [-0.15, -0.1) is 5.10 Å². The molecule has 1 N–H and O–H groups in total. The lowest BCUT2D eigenvalue weighted by Gasteiger charge is -2.29. The molecule has 0 aliphatic carbocycles. The smallest absolute Gasteiger partial charge is 0.338 e. The van der Waals surface area contributed by atoms with Crippen LogP contribution in [0.4, 0.5) is 5.95 Å². The van der Waals surface area contributed by atoms with Crippen LogP contribution in [0.2, 0.25) is 15.1 Å². The summed E-state index contributed by atoms with van der Waals surface area (Å²) in [7, 11) is 1.55. The minimum Gasteiger partial charge on any atom is -0.493 e. The van der Waals surface area contributed by atoms with E-state index in [0.29, 0.717) is 64.7 Å². The molecule has 1 atom stereocenters. The molecule has 2 heterocycles. The fourth-order valence-electron chi connectivity index (χ4n) is 5.15. The van der Waals surface area contributed by atoms with Crippen LogP contribution in [-0.2, 0) is 28.5 Å². The van der Waals surface area contributed by atoms with E-state index in [2.05, 4.69) is 21.2 Å². The fraction of sp³-hybridized carbons (Fsp3) is 0.171. The zero-order chi connectivity index (χ0) is 33.8. The third-order valence-electron chi connectivity index (χ3n) is 7.54. The van der Waals surface area contributed by atoms with E-state index in [1.807, 2.05) is 79.7 Å². The van der Waals surface area contributed by atoms with Gasteiger partial charge in [0.1, 0.15) is 19.3 Å². The van der Waals surface area contributed by atoms with Crippen LogP contribution in [0.5, 0.6) is 11.5 Å². The molecule has 1 unspecified atom stereocenters. The highest BCUT2D eigenvalue weighted by atomic mass is 79.9. The van der Waals surface area contributed by atoms with Gasteiger partial charge < -0.3 is 19.5 Å². The van der Waals surface area contributed by atoms with E-state index in [-0.39, 0.29) is 13.2 Å². The van der Waals surface area contributed by atoms with Crippen molar-refractivity contribution in [2.75, 3.05) is 12.4 Å². The number of ether oxygens (including phenoxy) is 3. The molecule has 5 aromatic rings. The molecule has 0 amide bonds. The SMILES string of the molecule is COc1cc(C2C(C(=O)OCc3ccccc3)=C(C)Nc3nc(SCc4ccccc4Cl)nn32)cc(Br)c1OCc1ccc(Cl)cc1Cl. The van der Waals surface area contributed by atoms with Gasteiger partial charge in [-0.3, -0.25) is 0 Å². The lowest BCUT2D eigenvalue weighted by Crippen LogP contribution is -2.29. The van der Waals surface area contributed by atoms with Gasteiger partial charge in [0, 0.05) is 32.1 Å². The molecule has 13 heteroatoms. The number of benzene rings is 4. The van der Waals surface area contributed by atoms with E-state index in [0.717, 1.165) is 16.7 Å². The lowest BCUT2D eigenvalue weighted by molar-refractivity contribution is -0.140. The van der Waals surface area contributed by atoms with Crippen LogP contribution >= 0.6 is 62.5 Å². The summed E-state index contributed by atoms with van der Waals surface area (Å²) in [6.45, 7) is 2.10. The Morgan fingerprint density at radius 2 is 1.73 bits per heavy atom. The summed E-state index contributed by atoms with van der Waals surface area (Å²) in [5.41, 5.74) is 4.25. The Hall–Kier alpha value is -3.67. The summed E-state index contributed by atoms with van der Waals surface area (Å²) in [6.07, 6.45) is 0. The number of thioether (sulfide) groups is 1. The van der Waals surface area contributed by atoms with Crippen molar-refractivity contribution in [3.8, 4) is 11.5 Å². The predicted octanol–water partition coefficient (Wildman–Crippen LogP) is 9.91. The summed E-state index contributed by atoms with van der Waals surface area (Å²) in [6, 6.07) is 25.4. The van der Waals surface area contributed by atoms with E-state index < -0.39 is 12.0 Å². The number of carbonyl (C=O) groups excluding carboxylic acids is 1. The van der Waals surface area contributed by atoms with Crippen LogP contribution in [0.3, 0.4) is 0 Å². The number of nitrogens with zero attached hydrogens (tertiary/aromatic N) is 3. The van der Waals surface area contributed by atoms with Crippen molar-refractivity contribution in [2.45, 2.75) is 37.1 Å². The highest BCUT2D eigenvalue weighted by Crippen LogP contribution is 2.44. The first-order valence-corrected chi connectivity index (χ1v) is 17.6. The average molecular weight is 787 g/mol. The molecule has 0 spiro atoms. The molecule has 48 heavy (non-hydrogen) atoms. The number of anilines is 1. The predicted molar refractivity (Wildman–Crippen MR) is 193 cm³/mol. The quantitative estimate of drug-likeness (QED) is 0.105. The second kappa shape index (κ2) is 15.3. The molecule has 4 aromatic carbocycles. The van der Waals surface area contributed by atoms with Crippen molar-refractivity contribution in [3.63, 3.8) is 0 Å². The summed E-state index contributed by atoms with van der Waals surface area (Å²) in [5.74, 6) is 1.45. The van der Waals surface area contributed by atoms with Crippen LogP contribution in [0.25, 0.3) is 0 Å². The fourth-order valence-corrected chi connectivity index (χ4v) is 7.30. The minimum absolute atomic E-state index is 0.110. The zero-order valence-corrected chi connectivity index (χ0v) is 30.3. The maximum absolute atomic E-state index is 13.9. The Morgan fingerprint density at radius 3 is 2.48 bits per heavy atom. The van der Waals surface area contributed by atoms with Crippen molar-refractivity contribution in [1.29, 1.82) is 0 Å². The number of aromatic nitrogens is 3. The number of methoxy groups -OCH3 is 1. The van der Waals surface area contributed by atoms with E-state index in [4.69, 9.17) is 59.1 Å². The van der Waals surface area contributed by atoms with Gasteiger partial charge in [0.05, 0.1) is 17.2 Å². The minimum atomic E-state index is -0.711. The van der Waals surface area contributed by atoms with Crippen molar-refractivity contribution in [1.82, 2.24) is 14.8 Å². The van der Waals surface area contributed by atoms with E-state index in [9.17, 15) is 4.79 Å². The van der Waals surface area contributed by atoms with Crippen LogP contribution in [0.15, 0.2) is 106 Å². The van der Waals surface area contributed by atoms with Gasteiger partial charge in [-0.2, -0.15) is 4.98 Å². The van der Waals surface area contributed by atoms with Gasteiger partial charge in [0.2, 0.25) is 11.1 Å². The summed E-state index contributed by atoms with van der Waals surface area (Å²) in [5, 5.41) is 10.3. The molecule has 1 aliphatic rings. The molecule has 0 radical (unpaired) electrons. The van der Waals surface area contributed by atoms with Gasteiger partial charge in [0.25, 0.3) is 0 Å². The normalized spacial score (nSPS) is 13.9. The van der Waals surface area contributed by atoms with Gasteiger partial charge in [-0.05, 0) is 69.9 Å². The maximum atomic E-state index is 13.9. The van der Waals surface area contributed by atoms with E-state index in [1.165, 1.54) is 11.8 Å². The zero-order valence-electron chi connectivity index (χ0n) is 25.7. The number of rotatable bonds is 11. The van der Waals surface area contributed by atoms with E-state index in [1.54, 1.807) is 23.9 Å². The number of allylic oxidation sites excluding steroid dienone is 1. The molecule has 0 saturated carbocycles. The molecule has 1 aromatic heterocycles. The van der Waals surface area contributed by atoms with Crippen molar-refractivity contribution in [2.24, 2.45) is 0 Å². The molecule has 8 nitrogen and oxygen atoms in total. The van der Waals surface area contributed by atoms with Crippen molar-refractivity contribution >= 4 is 74.4 Å². The first-order valence-electron chi connectivity index (χ1n) is 14.7. The van der Waals surface area contributed by atoms with Crippen LogP contribution in [-0.4, -0.2) is 27.8 Å². The van der Waals surface area contributed by atoms with Crippen LogP contribution in [0.1, 0.15) is 35.2 Å². The van der Waals surface area contributed by atoms with Crippen LogP contribution < -0.4 is 14.8 Å². The Morgan fingerprint density at radius 1 is 0.958 bits per heavy atom. The summed E-state index contributed by atoms with van der Waals surface area (Å²) in [4.78, 5) is 18.6. The number of hydrogen-bond acceptors (Lipinski definition) is 8. The first-order chi connectivity index (χ1) is 23.2. The number of hydrogen-bond donors (Lipinski definition) is 1. The Bertz CT molecular complexity index is 2010. The van der Waals surface area contributed by atoms with E-state index >= 15 is 0 Å². The van der Waals surface area contributed by atoms with Crippen LogP contribution in [0, 0.1) is 0 Å². The van der Waals surface area contributed by atoms with Gasteiger partial charge >= 0.3 is 5.97 Å². The molecule has 0 bridgehead atoms. The average Bonchev–Trinajstić information content (AvgIpc) is 3.48. The number of halogens is 4. The third-order valence-corrected chi connectivity index (χ3v) is 9.97. The Kier molecular flexibility index (Phi) is 10.9. The maximum Gasteiger partial charge on any atom is 0.338 e. The molecule has 0 saturated heterocycles. The third kappa shape index (κ3) is 7.63. The lowest BCUT2D eigenvalue weighted by atomic mass is 9.95. The highest BCUT2D eigenvalue weighted by molar-refractivity contribution is 9.10. The number of fused-ring (bicyclic) bond motifs is 1. The first kappa shape index (κ1) is 34.2. The molecule has 1 aliphatic heterocycles. The Labute approximate surface area is 305 Å². The largest absolute Gasteiger partial charge is 0.493 e. The second-order valence-electron chi connectivity index (χ2n) is 10.7. The molecule has 6 rings (SSSR count). The number of nitrogens with one attached hydrogen (secondary N) is 1. The topological polar surface area (TPSA) is 87.5 Å². The number of carbonyl (C=O) groups is 1. The van der Waals surface area contributed by atoms with Gasteiger partial charge in [0.15, 0.2) is 11.5 Å². The molecular formula is C35H28BrCl3N4O4S. The summed E-state index contributed by atoms with van der Waals surface area (Å²) < 4.78 is 20.1. The van der Waals surface area contributed by atoms with Gasteiger partial charge in [-0.25, -0.2) is 9.48 Å². The standard InChI is InChI=1S/C35H28BrCl3N4O4S/c1-20-30(33(44)47-17-21-8-4-3-5-9-21)31(43-34(40-20)41-35(42-43)48-19-23-10-6-7-11-27(23)38)24-14-26(36)32(29(15-24)45-2)46-18-22-12-13-25(37)16-28(22)39/h3-16,31H,17-19H2,1-2H3,(H,40,41,42). The second-order valence-corrected chi connectivity index (χ2v) is 13.8. The van der Waals surface area contributed by atoms with Crippen molar-refractivity contribution < 1.29 is 19.0 Å². The summed E-state index contributed by atoms with van der Waals surface area (Å²) >= 11 is 24.0. The Balaban J connectivity index is 1.35.